The molecule has 0 heterocycles. The largest absolute Gasteiger partial charge is 0.325 e. The highest BCUT2D eigenvalue weighted by molar-refractivity contribution is 4.92. The van der Waals surface area contributed by atoms with E-state index in [9.17, 15) is 0 Å². The van der Waals surface area contributed by atoms with Crippen LogP contribution in [0.3, 0.4) is 0 Å². The Bertz CT molecular complexity index is 191. The lowest BCUT2D eigenvalue weighted by molar-refractivity contribution is 0.106. The first kappa shape index (κ1) is 15.9. The molecule has 2 nitrogen and oxygen atoms in total. The molecule has 0 aliphatic rings. The second kappa shape index (κ2) is 6.02. The average molecular weight is 228 g/mol. The van der Waals surface area contributed by atoms with Gasteiger partial charge in [-0.15, -0.1) is 0 Å². The topological polar surface area (TPSA) is 29.3 Å². The summed E-state index contributed by atoms with van der Waals surface area (Å²) in [5.41, 5.74) is 6.27. The van der Waals surface area contributed by atoms with Crippen LogP contribution in [-0.2, 0) is 0 Å². The minimum absolute atomic E-state index is 0.129. The Morgan fingerprint density at radius 2 is 1.62 bits per heavy atom. The fourth-order valence-corrected chi connectivity index (χ4v) is 1.64. The molecule has 0 spiro atoms. The lowest BCUT2D eigenvalue weighted by Crippen LogP contribution is -2.53. The van der Waals surface area contributed by atoms with Crippen molar-refractivity contribution in [1.82, 2.24) is 4.90 Å². The van der Waals surface area contributed by atoms with Gasteiger partial charge in [0.1, 0.15) is 0 Å². The summed E-state index contributed by atoms with van der Waals surface area (Å²) in [6.07, 6.45) is 1.25. The van der Waals surface area contributed by atoms with Crippen LogP contribution in [0.1, 0.15) is 54.9 Å². The predicted octanol–water partition coefficient (Wildman–Crippen LogP) is 3.12. The Morgan fingerprint density at radius 3 is 1.94 bits per heavy atom. The molecule has 0 rings (SSSR count). The number of hydrogen-bond acceptors (Lipinski definition) is 2. The third kappa shape index (κ3) is 4.84. The summed E-state index contributed by atoms with van der Waals surface area (Å²) in [5, 5.41) is 0. The first-order chi connectivity index (χ1) is 7.14. The van der Waals surface area contributed by atoms with Crippen molar-refractivity contribution in [1.29, 1.82) is 0 Å². The molecule has 0 radical (unpaired) electrons. The second-order valence-electron chi connectivity index (χ2n) is 6.45. The van der Waals surface area contributed by atoms with Crippen LogP contribution in [0.15, 0.2) is 0 Å². The van der Waals surface area contributed by atoms with Gasteiger partial charge in [-0.2, -0.15) is 0 Å². The zero-order valence-corrected chi connectivity index (χ0v) is 12.4. The van der Waals surface area contributed by atoms with E-state index in [4.69, 9.17) is 5.73 Å². The van der Waals surface area contributed by atoms with E-state index in [1.165, 1.54) is 13.0 Å². The van der Waals surface area contributed by atoms with Gasteiger partial charge in [0.05, 0.1) is 0 Å². The SMILES string of the molecule is CCC(C)CN(CC)CC(C)(C)C(C)(C)N. The lowest BCUT2D eigenvalue weighted by Gasteiger charge is -2.42. The van der Waals surface area contributed by atoms with E-state index in [-0.39, 0.29) is 11.0 Å². The van der Waals surface area contributed by atoms with E-state index in [0.717, 1.165) is 19.0 Å². The average Bonchev–Trinajstić information content (AvgIpc) is 2.14. The molecular weight excluding hydrogens is 196 g/mol. The molecule has 0 aromatic rings. The molecule has 0 aromatic heterocycles. The van der Waals surface area contributed by atoms with Gasteiger partial charge in [0.25, 0.3) is 0 Å². The van der Waals surface area contributed by atoms with E-state index in [0.29, 0.717) is 0 Å². The predicted molar refractivity (Wildman–Crippen MR) is 73.6 cm³/mol. The van der Waals surface area contributed by atoms with E-state index < -0.39 is 0 Å². The normalized spacial score (nSPS) is 15.6. The van der Waals surface area contributed by atoms with Crippen molar-refractivity contribution in [2.24, 2.45) is 17.1 Å². The smallest absolute Gasteiger partial charge is 0.0161 e. The third-order valence-corrected chi connectivity index (χ3v) is 4.08. The lowest BCUT2D eigenvalue weighted by atomic mass is 9.75. The fraction of sp³-hybridized carbons (Fsp3) is 1.00. The van der Waals surface area contributed by atoms with Crippen LogP contribution in [0.2, 0.25) is 0 Å². The minimum atomic E-state index is -0.129. The summed E-state index contributed by atoms with van der Waals surface area (Å²) in [6.45, 7) is 19.0. The molecule has 98 valence electrons. The van der Waals surface area contributed by atoms with Gasteiger partial charge in [0.15, 0.2) is 0 Å². The van der Waals surface area contributed by atoms with E-state index in [2.05, 4.69) is 53.4 Å². The quantitative estimate of drug-likeness (QED) is 0.725. The van der Waals surface area contributed by atoms with Crippen LogP contribution in [0.5, 0.6) is 0 Å². The summed E-state index contributed by atoms with van der Waals surface area (Å²) in [6, 6.07) is 0. The van der Waals surface area contributed by atoms with Gasteiger partial charge in [-0.1, -0.05) is 41.0 Å². The van der Waals surface area contributed by atoms with Gasteiger partial charge < -0.3 is 10.6 Å². The zero-order chi connectivity index (χ0) is 13.0. The Morgan fingerprint density at radius 1 is 1.12 bits per heavy atom. The highest BCUT2D eigenvalue weighted by Gasteiger charge is 2.34. The Labute approximate surface area is 103 Å². The summed E-state index contributed by atoms with van der Waals surface area (Å²) in [7, 11) is 0. The highest BCUT2D eigenvalue weighted by atomic mass is 15.1. The summed E-state index contributed by atoms with van der Waals surface area (Å²) < 4.78 is 0. The first-order valence-corrected chi connectivity index (χ1v) is 6.65. The molecule has 1 unspecified atom stereocenters. The number of rotatable bonds is 7. The number of nitrogens with zero attached hydrogens (tertiary/aromatic N) is 1. The van der Waals surface area contributed by atoms with Crippen LogP contribution in [0.4, 0.5) is 0 Å². The maximum absolute atomic E-state index is 6.25. The fourth-order valence-electron chi connectivity index (χ4n) is 1.64. The number of hydrogen-bond donors (Lipinski definition) is 1. The van der Waals surface area contributed by atoms with E-state index in [1.54, 1.807) is 0 Å². The number of nitrogens with two attached hydrogens (primary N) is 1. The van der Waals surface area contributed by atoms with Crippen molar-refractivity contribution in [3.8, 4) is 0 Å². The van der Waals surface area contributed by atoms with Crippen molar-refractivity contribution in [3.63, 3.8) is 0 Å². The van der Waals surface area contributed by atoms with Crippen molar-refractivity contribution in [2.45, 2.75) is 60.4 Å². The third-order valence-electron chi connectivity index (χ3n) is 4.08. The molecule has 0 amide bonds. The van der Waals surface area contributed by atoms with Crippen molar-refractivity contribution < 1.29 is 0 Å². The van der Waals surface area contributed by atoms with Gasteiger partial charge in [-0.25, -0.2) is 0 Å². The van der Waals surface area contributed by atoms with Crippen LogP contribution in [-0.4, -0.2) is 30.1 Å². The van der Waals surface area contributed by atoms with Gasteiger partial charge >= 0.3 is 0 Å². The molecule has 2 heteroatoms. The summed E-state index contributed by atoms with van der Waals surface area (Å²) >= 11 is 0. The molecule has 0 aromatic carbocycles. The van der Waals surface area contributed by atoms with Gasteiger partial charge in [-0.05, 0) is 31.7 Å². The minimum Gasteiger partial charge on any atom is -0.325 e. The van der Waals surface area contributed by atoms with Crippen molar-refractivity contribution >= 4 is 0 Å². The second-order valence-corrected chi connectivity index (χ2v) is 6.45. The Kier molecular flexibility index (Phi) is 5.99. The molecule has 0 bridgehead atoms. The summed E-state index contributed by atoms with van der Waals surface area (Å²) in [4.78, 5) is 2.53. The molecule has 1 atom stereocenters. The summed E-state index contributed by atoms with van der Waals surface area (Å²) in [5.74, 6) is 0.775. The molecule has 16 heavy (non-hydrogen) atoms. The molecule has 2 N–H and O–H groups in total. The van der Waals surface area contributed by atoms with Crippen LogP contribution >= 0.6 is 0 Å². The maximum Gasteiger partial charge on any atom is 0.0161 e. The van der Waals surface area contributed by atoms with E-state index >= 15 is 0 Å². The maximum atomic E-state index is 6.25. The first-order valence-electron chi connectivity index (χ1n) is 6.65. The molecule has 0 aliphatic carbocycles. The zero-order valence-electron chi connectivity index (χ0n) is 12.4. The van der Waals surface area contributed by atoms with Gasteiger partial charge in [0.2, 0.25) is 0 Å². The molecule has 0 aliphatic heterocycles. The monoisotopic (exact) mass is 228 g/mol. The van der Waals surface area contributed by atoms with Crippen LogP contribution in [0, 0.1) is 11.3 Å². The Hall–Kier alpha value is -0.0800. The van der Waals surface area contributed by atoms with Crippen LogP contribution < -0.4 is 5.73 Å². The molecule has 0 saturated heterocycles. The van der Waals surface area contributed by atoms with Crippen molar-refractivity contribution in [2.75, 3.05) is 19.6 Å². The molecule has 0 fully saturated rings. The van der Waals surface area contributed by atoms with E-state index in [1.807, 2.05) is 0 Å². The standard InChI is InChI=1S/C14H32N2/c1-8-12(3)10-16(9-2)11-13(4,5)14(6,7)15/h12H,8-11,15H2,1-7H3. The molecule has 0 saturated carbocycles. The van der Waals surface area contributed by atoms with Gasteiger partial charge in [-0.3, -0.25) is 0 Å². The molecular formula is C14H32N2. The van der Waals surface area contributed by atoms with Gasteiger partial charge in [0, 0.05) is 18.6 Å². The highest BCUT2D eigenvalue weighted by Crippen LogP contribution is 2.29. The Balaban J connectivity index is 4.42. The van der Waals surface area contributed by atoms with Crippen molar-refractivity contribution in [3.05, 3.63) is 0 Å². The van der Waals surface area contributed by atoms with Crippen LogP contribution in [0.25, 0.3) is 0 Å².